The molecule has 0 N–H and O–H groups in total. The molecule has 0 fully saturated rings. The van der Waals surface area contributed by atoms with E-state index in [-0.39, 0.29) is 5.78 Å². The predicted octanol–water partition coefficient (Wildman–Crippen LogP) is 4.91. The number of carbonyl (C=O) groups excluding carboxylic acids is 1. The van der Waals surface area contributed by atoms with Crippen LogP contribution in [0, 0.1) is 5.82 Å². The van der Waals surface area contributed by atoms with Crippen LogP contribution in [-0.2, 0) is 0 Å². The van der Waals surface area contributed by atoms with Crippen LogP contribution in [0.25, 0.3) is 16.8 Å². The molecule has 0 saturated carbocycles. The van der Waals surface area contributed by atoms with Gasteiger partial charge in [0.2, 0.25) is 0 Å². The number of thioether (sulfide) groups is 1. The number of hydrogen-bond acceptors (Lipinski definition) is 5. The van der Waals surface area contributed by atoms with Gasteiger partial charge in [0, 0.05) is 27.2 Å². The zero-order chi connectivity index (χ0) is 15.8. The van der Waals surface area contributed by atoms with E-state index >= 15 is 0 Å². The first kappa shape index (κ1) is 14.4. The Labute approximate surface area is 139 Å². The summed E-state index contributed by atoms with van der Waals surface area (Å²) in [6.45, 7) is 0. The Balaban J connectivity index is 1.66. The molecule has 0 spiro atoms. The van der Waals surface area contributed by atoms with Crippen LogP contribution < -0.4 is 0 Å². The molecule has 3 nitrogen and oxygen atoms in total. The number of benzene rings is 1. The lowest BCUT2D eigenvalue weighted by Crippen LogP contribution is -2.12. The molecule has 23 heavy (non-hydrogen) atoms. The number of ketones is 1. The normalized spacial score (nSPS) is 15.9. The summed E-state index contributed by atoms with van der Waals surface area (Å²) in [6.07, 6.45) is 3.37. The first-order valence-electron chi connectivity index (χ1n) is 6.88. The monoisotopic (exact) mass is 343 g/mol. The van der Waals surface area contributed by atoms with E-state index in [9.17, 15) is 9.18 Å². The van der Waals surface area contributed by atoms with Gasteiger partial charge in [-0.15, -0.1) is 23.1 Å². The minimum absolute atomic E-state index is 0.134. The van der Waals surface area contributed by atoms with Crippen molar-refractivity contribution in [3.05, 3.63) is 64.6 Å². The third-order valence-electron chi connectivity index (χ3n) is 3.44. The molecule has 3 heterocycles. The minimum Gasteiger partial charge on any atom is -0.462 e. The Bertz CT molecular complexity index is 913. The van der Waals surface area contributed by atoms with Crippen LogP contribution >= 0.6 is 23.1 Å². The van der Waals surface area contributed by atoms with Gasteiger partial charge >= 0.3 is 0 Å². The number of thiazole rings is 1. The molecule has 1 aliphatic heterocycles. The molecule has 114 valence electrons. The molecule has 1 aromatic carbocycles. The molecule has 0 unspecified atom stereocenters. The fraction of sp³-hybridized carbons (Fsp3) is 0.0588. The number of hydrogen-bond donors (Lipinski definition) is 0. The molecule has 0 atom stereocenters. The van der Waals surface area contributed by atoms with Crippen molar-refractivity contribution >= 4 is 35.0 Å². The second-order valence-corrected chi connectivity index (χ2v) is 6.86. The Morgan fingerprint density at radius 3 is 3.04 bits per heavy atom. The van der Waals surface area contributed by atoms with Crippen molar-refractivity contribution in [1.82, 2.24) is 4.98 Å². The molecule has 6 heteroatoms. The molecule has 3 aromatic rings. The lowest BCUT2D eigenvalue weighted by molar-refractivity contribution is 0.103. The van der Waals surface area contributed by atoms with Crippen molar-refractivity contribution in [2.75, 3.05) is 5.75 Å². The van der Waals surface area contributed by atoms with Crippen molar-refractivity contribution < 1.29 is 13.6 Å². The maximum Gasteiger partial charge on any atom is 0.191 e. The third-order valence-corrected chi connectivity index (χ3v) is 5.43. The maximum atomic E-state index is 13.4. The first-order chi connectivity index (χ1) is 11.2. The van der Waals surface area contributed by atoms with Crippen LogP contribution in [0.3, 0.4) is 0 Å². The van der Waals surface area contributed by atoms with Crippen molar-refractivity contribution in [2.45, 2.75) is 4.90 Å². The molecule has 1 aliphatic rings. The minimum atomic E-state index is -0.396. The van der Waals surface area contributed by atoms with Gasteiger partial charge in [0.1, 0.15) is 5.82 Å². The van der Waals surface area contributed by atoms with Gasteiger partial charge in [-0.05, 0) is 36.4 Å². The zero-order valence-corrected chi connectivity index (χ0v) is 13.4. The quantitative estimate of drug-likeness (QED) is 0.620. The van der Waals surface area contributed by atoms with E-state index in [1.54, 1.807) is 18.4 Å². The van der Waals surface area contributed by atoms with E-state index < -0.39 is 5.82 Å². The second-order valence-electron chi connectivity index (χ2n) is 4.98. The third kappa shape index (κ3) is 2.75. The van der Waals surface area contributed by atoms with Gasteiger partial charge in [-0.3, -0.25) is 4.79 Å². The first-order valence-corrected chi connectivity index (χ1v) is 8.74. The number of nitrogens with zero attached hydrogens (tertiary/aromatic N) is 1. The topological polar surface area (TPSA) is 43.1 Å². The van der Waals surface area contributed by atoms with Gasteiger partial charge < -0.3 is 4.42 Å². The van der Waals surface area contributed by atoms with Crippen molar-refractivity contribution in [2.24, 2.45) is 0 Å². The van der Waals surface area contributed by atoms with Gasteiger partial charge in [0.15, 0.2) is 16.6 Å². The van der Waals surface area contributed by atoms with Crippen LogP contribution in [0.2, 0.25) is 0 Å². The molecule has 0 aliphatic carbocycles. The Morgan fingerprint density at radius 2 is 2.22 bits per heavy atom. The van der Waals surface area contributed by atoms with Crippen LogP contribution in [0.5, 0.6) is 0 Å². The number of aromatic nitrogens is 1. The highest BCUT2D eigenvalue weighted by atomic mass is 32.2. The Morgan fingerprint density at radius 1 is 1.30 bits per heavy atom. The smallest absolute Gasteiger partial charge is 0.191 e. The number of carbonyl (C=O) groups is 1. The fourth-order valence-corrected chi connectivity index (χ4v) is 4.09. The average Bonchev–Trinajstić information content (AvgIpc) is 3.22. The molecule has 0 amide bonds. The summed E-state index contributed by atoms with van der Waals surface area (Å²) in [6, 6.07) is 7.98. The van der Waals surface area contributed by atoms with E-state index in [2.05, 4.69) is 4.98 Å². The van der Waals surface area contributed by atoms with Gasteiger partial charge in [-0.25, -0.2) is 9.37 Å². The SMILES string of the molecule is O=C1C(=Cc2csc(-c3ccco3)n2)CSc2ccc(F)cc21. The Hall–Kier alpha value is -2.18. The fourth-order valence-electron chi connectivity index (χ4n) is 2.35. The largest absolute Gasteiger partial charge is 0.462 e. The summed E-state index contributed by atoms with van der Waals surface area (Å²) < 4.78 is 18.7. The van der Waals surface area contributed by atoms with Crippen LogP contribution in [0.15, 0.2) is 56.9 Å². The van der Waals surface area contributed by atoms with Gasteiger partial charge in [0.05, 0.1) is 12.0 Å². The van der Waals surface area contributed by atoms with E-state index in [4.69, 9.17) is 4.42 Å². The van der Waals surface area contributed by atoms with Gasteiger partial charge in [0.25, 0.3) is 0 Å². The predicted molar refractivity (Wildman–Crippen MR) is 89.2 cm³/mol. The number of halogens is 1. The molecule has 0 bridgehead atoms. The maximum absolute atomic E-state index is 13.4. The van der Waals surface area contributed by atoms with Crippen molar-refractivity contribution in [3.8, 4) is 10.8 Å². The summed E-state index contributed by atoms with van der Waals surface area (Å²) in [5, 5.41) is 2.65. The number of Topliss-reactive ketones (excluding diaryl/α,β-unsaturated/α-hetero) is 1. The summed E-state index contributed by atoms with van der Waals surface area (Å²) in [5.41, 5.74) is 1.77. The number of furan rings is 1. The Kier molecular flexibility index (Phi) is 3.63. The van der Waals surface area contributed by atoms with Gasteiger partial charge in [-0.1, -0.05) is 0 Å². The highest BCUT2D eigenvalue weighted by Gasteiger charge is 2.23. The lowest BCUT2D eigenvalue weighted by atomic mass is 10.0. The zero-order valence-electron chi connectivity index (χ0n) is 11.8. The van der Waals surface area contributed by atoms with E-state index in [0.717, 1.165) is 9.90 Å². The highest BCUT2D eigenvalue weighted by Crippen LogP contribution is 2.34. The summed E-state index contributed by atoms with van der Waals surface area (Å²) >= 11 is 2.99. The molecule has 2 aromatic heterocycles. The van der Waals surface area contributed by atoms with Crippen molar-refractivity contribution in [1.29, 1.82) is 0 Å². The highest BCUT2D eigenvalue weighted by molar-refractivity contribution is 7.99. The summed E-state index contributed by atoms with van der Waals surface area (Å²) in [4.78, 5) is 17.8. The number of rotatable bonds is 2. The van der Waals surface area contributed by atoms with E-state index in [1.807, 2.05) is 17.5 Å². The molecule has 4 rings (SSSR count). The van der Waals surface area contributed by atoms with Gasteiger partial charge in [-0.2, -0.15) is 0 Å². The molecular weight excluding hydrogens is 333 g/mol. The van der Waals surface area contributed by atoms with Crippen molar-refractivity contribution in [3.63, 3.8) is 0 Å². The number of fused-ring (bicyclic) bond motifs is 1. The molecule has 0 radical (unpaired) electrons. The summed E-state index contributed by atoms with van der Waals surface area (Å²) in [5.74, 6) is 0.736. The van der Waals surface area contributed by atoms with Crippen LogP contribution in [0.1, 0.15) is 16.1 Å². The summed E-state index contributed by atoms with van der Waals surface area (Å²) in [7, 11) is 0. The second kappa shape index (κ2) is 5.79. The van der Waals surface area contributed by atoms with E-state index in [0.29, 0.717) is 28.3 Å². The van der Waals surface area contributed by atoms with E-state index in [1.165, 1.54) is 35.2 Å². The van der Waals surface area contributed by atoms with Crippen LogP contribution in [-0.4, -0.2) is 16.5 Å². The molecular formula is C17H10FNO2S2. The molecule has 0 saturated heterocycles. The average molecular weight is 343 g/mol. The van der Waals surface area contributed by atoms with Crippen LogP contribution in [0.4, 0.5) is 4.39 Å². The standard InChI is InChI=1S/C17H10FNO2S2/c18-11-3-4-15-13(7-11)16(20)10(8-22-15)6-12-9-23-17(19-12)14-2-1-5-21-14/h1-7,9H,8H2. The lowest BCUT2D eigenvalue weighted by Gasteiger charge is -2.16.